The molecule has 0 spiro atoms. The van der Waals surface area contributed by atoms with E-state index in [1.54, 1.807) is 7.11 Å². The van der Waals surface area contributed by atoms with Crippen LogP contribution in [-0.4, -0.2) is 48.9 Å². The molecule has 2 heterocycles. The first-order valence-electron chi connectivity index (χ1n) is 12.1. The highest BCUT2D eigenvalue weighted by atomic mass is 16.5. The molecule has 1 aromatic heterocycles. The van der Waals surface area contributed by atoms with E-state index in [-0.39, 0.29) is 24.3 Å². The second kappa shape index (κ2) is 11.9. The number of amides is 2. The summed E-state index contributed by atoms with van der Waals surface area (Å²) >= 11 is 0. The zero-order chi connectivity index (χ0) is 26.2. The van der Waals surface area contributed by atoms with Crippen molar-refractivity contribution in [3.63, 3.8) is 0 Å². The highest BCUT2D eigenvalue weighted by molar-refractivity contribution is 5.98. The molecule has 4 rings (SSSR count). The molecule has 0 bridgehead atoms. The van der Waals surface area contributed by atoms with Crippen LogP contribution in [0.1, 0.15) is 30.6 Å². The molecular weight excluding hydrogens is 472 g/mol. The number of furan rings is 1. The lowest BCUT2D eigenvalue weighted by Gasteiger charge is -2.22. The van der Waals surface area contributed by atoms with Crippen LogP contribution in [0.25, 0.3) is 11.0 Å². The van der Waals surface area contributed by atoms with Gasteiger partial charge in [-0.3, -0.25) is 14.9 Å². The summed E-state index contributed by atoms with van der Waals surface area (Å²) < 4.78 is 10.8. The highest BCUT2D eigenvalue weighted by Crippen LogP contribution is 2.23. The average Bonchev–Trinajstić information content (AvgIpc) is 3.18. The van der Waals surface area contributed by atoms with Gasteiger partial charge in [0.25, 0.3) is 0 Å². The van der Waals surface area contributed by atoms with E-state index in [2.05, 4.69) is 20.9 Å². The third-order valence-corrected chi connectivity index (χ3v) is 6.07. The molecule has 192 valence electrons. The summed E-state index contributed by atoms with van der Waals surface area (Å²) in [6.07, 6.45) is 3.95. The number of nitriles is 1. The molecule has 37 heavy (non-hydrogen) atoms. The molecule has 10 heteroatoms. The van der Waals surface area contributed by atoms with Crippen molar-refractivity contribution < 1.29 is 18.7 Å². The number of aryl methyl sites for hydroxylation is 1. The summed E-state index contributed by atoms with van der Waals surface area (Å²) in [6, 6.07) is 14.2. The van der Waals surface area contributed by atoms with E-state index in [1.807, 2.05) is 61.6 Å². The second-order valence-electron chi connectivity index (χ2n) is 8.85. The zero-order valence-electron chi connectivity index (χ0n) is 20.9. The molecule has 0 aliphatic carbocycles. The quantitative estimate of drug-likeness (QED) is 0.195. The predicted molar refractivity (Wildman–Crippen MR) is 140 cm³/mol. The number of nitrogens with zero attached hydrogens (tertiary/aromatic N) is 3. The molecule has 1 aliphatic heterocycles. The number of hydrogen-bond acceptors (Lipinski definition) is 6. The maximum Gasteiger partial charge on any atom is 0.247 e. The lowest BCUT2D eigenvalue weighted by molar-refractivity contribution is -0.136. The van der Waals surface area contributed by atoms with Gasteiger partial charge in [-0.2, -0.15) is 5.26 Å². The number of nitrogens with one attached hydrogen (secondary N) is 3. The Hall–Kier alpha value is -4.52. The number of rotatable bonds is 7. The second-order valence-corrected chi connectivity index (χ2v) is 8.85. The van der Waals surface area contributed by atoms with Gasteiger partial charge < -0.3 is 24.7 Å². The normalized spacial score (nSPS) is 16.1. The molecular formula is C27H30N6O4. The Morgan fingerprint density at radius 1 is 1.24 bits per heavy atom. The molecule has 1 fully saturated rings. The summed E-state index contributed by atoms with van der Waals surface area (Å²) in [7, 11) is 1.59. The molecule has 0 unspecified atom stereocenters. The SMILES string of the molecule is COc1cccc(CNC(=O)CN2CCCC[C@H](N=C(NC#N)Nc3ccc4oc(C)cc4c3)C2=O)c1. The van der Waals surface area contributed by atoms with Gasteiger partial charge in [-0.05, 0) is 68.1 Å². The number of carbonyl (C=O) groups excluding carboxylic acids is 2. The Morgan fingerprint density at radius 3 is 2.92 bits per heavy atom. The van der Waals surface area contributed by atoms with Crippen LogP contribution >= 0.6 is 0 Å². The van der Waals surface area contributed by atoms with Crippen LogP contribution in [0.15, 0.2) is 57.9 Å². The van der Waals surface area contributed by atoms with Gasteiger partial charge in [-0.25, -0.2) is 4.99 Å². The van der Waals surface area contributed by atoms with Crippen LogP contribution in [0, 0.1) is 18.4 Å². The van der Waals surface area contributed by atoms with E-state index in [4.69, 9.17) is 9.15 Å². The van der Waals surface area contributed by atoms with Crippen LogP contribution in [0.4, 0.5) is 5.69 Å². The smallest absolute Gasteiger partial charge is 0.247 e. The van der Waals surface area contributed by atoms with E-state index in [0.29, 0.717) is 30.9 Å². The summed E-state index contributed by atoms with van der Waals surface area (Å²) in [4.78, 5) is 32.0. The third kappa shape index (κ3) is 6.79. The van der Waals surface area contributed by atoms with E-state index in [9.17, 15) is 14.9 Å². The van der Waals surface area contributed by atoms with Gasteiger partial charge in [-0.1, -0.05) is 12.1 Å². The lowest BCUT2D eigenvalue weighted by Crippen LogP contribution is -2.44. The number of aliphatic imine (C=N–C) groups is 1. The van der Waals surface area contributed by atoms with Crippen molar-refractivity contribution in [1.82, 2.24) is 15.5 Å². The van der Waals surface area contributed by atoms with Crippen molar-refractivity contribution in [1.29, 1.82) is 5.26 Å². The van der Waals surface area contributed by atoms with E-state index in [1.165, 1.54) is 4.90 Å². The lowest BCUT2D eigenvalue weighted by atomic mass is 10.1. The van der Waals surface area contributed by atoms with Gasteiger partial charge >= 0.3 is 0 Å². The zero-order valence-corrected chi connectivity index (χ0v) is 20.9. The number of likely N-dealkylation sites (tertiary alicyclic amines) is 1. The summed E-state index contributed by atoms with van der Waals surface area (Å²) in [6.45, 7) is 2.63. The molecule has 10 nitrogen and oxygen atoms in total. The number of fused-ring (bicyclic) bond motifs is 1. The average molecular weight is 503 g/mol. The molecule has 1 aliphatic rings. The maximum absolute atomic E-state index is 13.3. The largest absolute Gasteiger partial charge is 0.497 e. The third-order valence-electron chi connectivity index (χ3n) is 6.07. The van der Waals surface area contributed by atoms with Crippen LogP contribution in [0.2, 0.25) is 0 Å². The van der Waals surface area contributed by atoms with E-state index < -0.39 is 6.04 Å². The first-order valence-corrected chi connectivity index (χ1v) is 12.1. The molecule has 3 N–H and O–H groups in total. The van der Waals surface area contributed by atoms with Gasteiger partial charge in [0, 0.05) is 24.2 Å². The van der Waals surface area contributed by atoms with Gasteiger partial charge in [0.05, 0.1) is 13.7 Å². The Balaban J connectivity index is 1.42. The Morgan fingerprint density at radius 2 is 2.11 bits per heavy atom. The van der Waals surface area contributed by atoms with Crippen molar-refractivity contribution in [2.24, 2.45) is 4.99 Å². The van der Waals surface area contributed by atoms with E-state index >= 15 is 0 Å². The Kier molecular flexibility index (Phi) is 8.26. The first kappa shape index (κ1) is 25.6. The molecule has 1 saturated heterocycles. The minimum absolute atomic E-state index is 0.0558. The standard InChI is InChI=1S/C27H30N6O4/c1-18-12-20-14-21(9-10-24(20)37-18)31-27(30-17-28)32-23-8-3-4-11-33(26(23)35)16-25(34)29-15-19-6-5-7-22(13-19)36-2/h5-7,9-10,12-14,23H,3-4,8,11,15-16H2,1-2H3,(H,29,34)(H2,30,31,32)/t23-/m0/s1. The molecule has 1 atom stereocenters. The highest BCUT2D eigenvalue weighted by Gasteiger charge is 2.28. The molecule has 0 saturated carbocycles. The van der Waals surface area contributed by atoms with Gasteiger partial charge in [-0.15, -0.1) is 0 Å². The summed E-state index contributed by atoms with van der Waals surface area (Å²) in [5.74, 6) is 1.19. The number of anilines is 1. The maximum atomic E-state index is 13.3. The predicted octanol–water partition coefficient (Wildman–Crippen LogP) is 3.29. The Labute approximate surface area is 215 Å². The van der Waals surface area contributed by atoms with Crippen molar-refractivity contribution in [2.75, 3.05) is 25.5 Å². The van der Waals surface area contributed by atoms with Crippen LogP contribution in [-0.2, 0) is 16.1 Å². The number of benzene rings is 2. The molecule has 0 radical (unpaired) electrons. The number of methoxy groups -OCH3 is 1. The van der Waals surface area contributed by atoms with Gasteiger partial charge in [0.1, 0.15) is 23.1 Å². The van der Waals surface area contributed by atoms with Crippen molar-refractivity contribution in [2.45, 2.75) is 38.8 Å². The fourth-order valence-electron chi connectivity index (χ4n) is 4.27. The van der Waals surface area contributed by atoms with E-state index in [0.717, 1.165) is 35.1 Å². The fourth-order valence-corrected chi connectivity index (χ4v) is 4.27. The van der Waals surface area contributed by atoms with Crippen molar-refractivity contribution in [3.05, 3.63) is 59.9 Å². The van der Waals surface area contributed by atoms with Crippen molar-refractivity contribution in [3.8, 4) is 11.9 Å². The number of ether oxygens (including phenoxy) is 1. The van der Waals surface area contributed by atoms with Gasteiger partial charge in [0.2, 0.25) is 17.8 Å². The minimum Gasteiger partial charge on any atom is -0.497 e. The first-order chi connectivity index (χ1) is 17.9. The summed E-state index contributed by atoms with van der Waals surface area (Å²) in [5, 5.41) is 18.6. The van der Waals surface area contributed by atoms with Crippen LogP contribution in [0.3, 0.4) is 0 Å². The molecule has 3 aromatic rings. The number of guanidine groups is 1. The van der Waals surface area contributed by atoms with Crippen molar-refractivity contribution >= 4 is 34.4 Å². The van der Waals surface area contributed by atoms with Gasteiger partial charge in [0.15, 0.2) is 6.19 Å². The molecule has 2 amide bonds. The van der Waals surface area contributed by atoms with Crippen LogP contribution in [0.5, 0.6) is 5.75 Å². The summed E-state index contributed by atoms with van der Waals surface area (Å²) in [5.41, 5.74) is 2.36. The van der Waals surface area contributed by atoms with Crippen LogP contribution < -0.4 is 20.7 Å². The molecule has 2 aromatic carbocycles. The topological polar surface area (TPSA) is 132 Å². The fraction of sp³-hybridized carbons (Fsp3) is 0.333. The minimum atomic E-state index is -0.711. The number of carbonyl (C=O) groups is 2. The monoisotopic (exact) mass is 502 g/mol. The Bertz CT molecular complexity index is 1340. The number of hydrogen-bond donors (Lipinski definition) is 3.